The Hall–Kier alpha value is -0.890. The predicted octanol–water partition coefficient (Wildman–Crippen LogP) is 3.05. The van der Waals surface area contributed by atoms with Gasteiger partial charge in [-0.1, -0.05) is 33.3 Å². The van der Waals surface area contributed by atoms with Crippen molar-refractivity contribution >= 4 is 0 Å². The molecule has 1 aliphatic heterocycles. The molecule has 0 atom stereocenters. The predicted molar refractivity (Wildman–Crippen MR) is 69.6 cm³/mol. The van der Waals surface area contributed by atoms with Gasteiger partial charge in [0.15, 0.2) is 0 Å². The Kier molecular flexibility index (Phi) is 5.47. The van der Waals surface area contributed by atoms with Crippen molar-refractivity contribution in [3.63, 3.8) is 0 Å². The van der Waals surface area contributed by atoms with Gasteiger partial charge in [-0.15, -0.1) is 0 Å². The van der Waals surface area contributed by atoms with Crippen LogP contribution in [-0.4, -0.2) is 23.5 Å². The molecule has 0 saturated carbocycles. The van der Waals surface area contributed by atoms with Crippen LogP contribution < -0.4 is 0 Å². The van der Waals surface area contributed by atoms with Crippen LogP contribution in [-0.2, 0) is 19.4 Å². The van der Waals surface area contributed by atoms with E-state index in [4.69, 9.17) is 4.98 Å². The molecule has 0 N–H and O–H groups in total. The van der Waals surface area contributed by atoms with Crippen molar-refractivity contribution in [2.45, 2.75) is 46.6 Å². The second-order valence-corrected chi connectivity index (χ2v) is 4.15. The fraction of sp³-hybridized carbons (Fsp3) is 0.643. The molecule has 0 spiro atoms. The molecule has 1 aromatic rings. The SMILES string of the molecule is CC.CCCc1ccc2c(n1)CCN(C)C2. The molecule has 2 rings (SSSR count). The van der Waals surface area contributed by atoms with E-state index in [9.17, 15) is 0 Å². The number of aromatic nitrogens is 1. The summed E-state index contributed by atoms with van der Waals surface area (Å²) >= 11 is 0. The van der Waals surface area contributed by atoms with Crippen molar-refractivity contribution in [2.24, 2.45) is 0 Å². The first-order valence-corrected chi connectivity index (χ1v) is 6.46. The first-order chi connectivity index (χ1) is 7.79. The summed E-state index contributed by atoms with van der Waals surface area (Å²) in [6.45, 7) is 8.42. The number of likely N-dealkylation sites (N-methyl/N-ethyl adjacent to an activating group) is 1. The Morgan fingerprint density at radius 2 is 2.06 bits per heavy atom. The number of rotatable bonds is 2. The van der Waals surface area contributed by atoms with Crippen LogP contribution in [0, 0.1) is 0 Å². The van der Waals surface area contributed by atoms with Crippen molar-refractivity contribution in [1.82, 2.24) is 9.88 Å². The third-order valence-electron chi connectivity index (χ3n) is 2.80. The van der Waals surface area contributed by atoms with Gasteiger partial charge in [0.05, 0.1) is 0 Å². The largest absolute Gasteiger partial charge is 0.302 e. The normalized spacial score (nSPS) is 15.0. The lowest BCUT2D eigenvalue weighted by Gasteiger charge is -2.24. The van der Waals surface area contributed by atoms with E-state index < -0.39 is 0 Å². The maximum absolute atomic E-state index is 4.71. The van der Waals surface area contributed by atoms with Gasteiger partial charge in [0, 0.05) is 30.9 Å². The highest BCUT2D eigenvalue weighted by atomic mass is 15.1. The lowest BCUT2D eigenvalue weighted by molar-refractivity contribution is 0.309. The second kappa shape index (κ2) is 6.64. The van der Waals surface area contributed by atoms with E-state index >= 15 is 0 Å². The number of hydrogen-bond donors (Lipinski definition) is 0. The Morgan fingerprint density at radius 1 is 1.31 bits per heavy atom. The molecule has 0 aliphatic carbocycles. The first kappa shape index (κ1) is 13.2. The van der Waals surface area contributed by atoms with Gasteiger partial charge in [-0.05, 0) is 25.1 Å². The van der Waals surface area contributed by atoms with Gasteiger partial charge < -0.3 is 4.90 Å². The van der Waals surface area contributed by atoms with Crippen LogP contribution in [0.5, 0.6) is 0 Å². The van der Waals surface area contributed by atoms with Gasteiger partial charge in [0.2, 0.25) is 0 Å². The molecule has 0 unspecified atom stereocenters. The van der Waals surface area contributed by atoms with Gasteiger partial charge >= 0.3 is 0 Å². The highest BCUT2D eigenvalue weighted by Crippen LogP contribution is 2.16. The minimum Gasteiger partial charge on any atom is -0.302 e. The minimum atomic E-state index is 1.06. The average Bonchev–Trinajstić information content (AvgIpc) is 2.32. The maximum Gasteiger partial charge on any atom is 0.0464 e. The molecule has 0 aromatic carbocycles. The van der Waals surface area contributed by atoms with E-state index in [2.05, 4.69) is 31.0 Å². The fourth-order valence-corrected chi connectivity index (χ4v) is 2.00. The van der Waals surface area contributed by atoms with E-state index in [0.29, 0.717) is 0 Å². The lowest BCUT2D eigenvalue weighted by atomic mass is 10.0. The van der Waals surface area contributed by atoms with Gasteiger partial charge in [0.1, 0.15) is 0 Å². The third kappa shape index (κ3) is 3.31. The van der Waals surface area contributed by atoms with E-state index in [-0.39, 0.29) is 0 Å². The van der Waals surface area contributed by atoms with E-state index in [1.54, 1.807) is 0 Å². The topological polar surface area (TPSA) is 16.1 Å². The molecular weight excluding hydrogens is 196 g/mol. The van der Waals surface area contributed by atoms with Crippen LogP contribution in [0.3, 0.4) is 0 Å². The number of pyridine rings is 1. The van der Waals surface area contributed by atoms with Gasteiger partial charge in [-0.25, -0.2) is 0 Å². The van der Waals surface area contributed by atoms with Crippen molar-refractivity contribution in [1.29, 1.82) is 0 Å². The van der Waals surface area contributed by atoms with Crippen molar-refractivity contribution in [3.8, 4) is 0 Å². The Labute approximate surface area is 99.7 Å². The van der Waals surface area contributed by atoms with Crippen molar-refractivity contribution in [3.05, 3.63) is 29.1 Å². The Bertz CT molecular complexity index is 321. The Balaban J connectivity index is 0.000000606. The van der Waals surface area contributed by atoms with Crippen LogP contribution in [0.25, 0.3) is 0 Å². The van der Waals surface area contributed by atoms with E-state index in [0.717, 1.165) is 25.9 Å². The molecule has 2 heteroatoms. The highest BCUT2D eigenvalue weighted by Gasteiger charge is 2.13. The molecule has 0 fully saturated rings. The number of aryl methyl sites for hydroxylation is 1. The fourth-order valence-electron chi connectivity index (χ4n) is 2.00. The molecule has 2 nitrogen and oxygen atoms in total. The van der Waals surface area contributed by atoms with Gasteiger partial charge in [0.25, 0.3) is 0 Å². The van der Waals surface area contributed by atoms with Gasteiger partial charge in [-0.3, -0.25) is 4.98 Å². The standard InChI is InChI=1S/C12H18N2.C2H6/c1-3-4-11-6-5-10-9-14(2)8-7-12(10)13-11;1-2/h5-6H,3-4,7-9H2,1-2H3;1-2H3. The summed E-state index contributed by atoms with van der Waals surface area (Å²) < 4.78 is 0. The average molecular weight is 220 g/mol. The molecule has 1 aromatic heterocycles. The minimum absolute atomic E-state index is 1.06. The summed E-state index contributed by atoms with van der Waals surface area (Å²) in [6, 6.07) is 4.44. The summed E-state index contributed by atoms with van der Waals surface area (Å²) in [7, 11) is 2.17. The van der Waals surface area contributed by atoms with E-state index in [1.807, 2.05) is 13.8 Å². The molecule has 0 saturated heterocycles. The maximum atomic E-state index is 4.71. The molecule has 0 amide bonds. The smallest absolute Gasteiger partial charge is 0.0464 e. The summed E-state index contributed by atoms with van der Waals surface area (Å²) in [5.41, 5.74) is 4.00. The van der Waals surface area contributed by atoms with Crippen LogP contribution in [0.4, 0.5) is 0 Å². The zero-order valence-corrected chi connectivity index (χ0v) is 11.1. The van der Waals surface area contributed by atoms with Crippen LogP contribution in [0.1, 0.15) is 44.1 Å². The quantitative estimate of drug-likeness (QED) is 0.761. The van der Waals surface area contributed by atoms with E-state index in [1.165, 1.54) is 23.4 Å². The van der Waals surface area contributed by atoms with Crippen molar-refractivity contribution in [2.75, 3.05) is 13.6 Å². The van der Waals surface area contributed by atoms with Crippen molar-refractivity contribution < 1.29 is 0 Å². The first-order valence-electron chi connectivity index (χ1n) is 6.46. The zero-order valence-electron chi connectivity index (χ0n) is 11.1. The van der Waals surface area contributed by atoms with Crippen LogP contribution in [0.2, 0.25) is 0 Å². The summed E-state index contributed by atoms with van der Waals surface area (Å²) in [4.78, 5) is 7.06. The van der Waals surface area contributed by atoms with Gasteiger partial charge in [-0.2, -0.15) is 0 Å². The number of nitrogens with zero attached hydrogens (tertiary/aromatic N) is 2. The van der Waals surface area contributed by atoms with Crippen LogP contribution in [0.15, 0.2) is 12.1 Å². The molecule has 0 bridgehead atoms. The Morgan fingerprint density at radius 3 is 2.75 bits per heavy atom. The third-order valence-corrected chi connectivity index (χ3v) is 2.80. The molecule has 1 aliphatic rings. The molecule has 16 heavy (non-hydrogen) atoms. The monoisotopic (exact) mass is 220 g/mol. The van der Waals surface area contributed by atoms with Crippen LogP contribution >= 0.6 is 0 Å². The summed E-state index contributed by atoms with van der Waals surface area (Å²) in [5.74, 6) is 0. The lowest BCUT2D eigenvalue weighted by Crippen LogP contribution is -2.27. The summed E-state index contributed by atoms with van der Waals surface area (Å²) in [5, 5.41) is 0. The molecule has 2 heterocycles. The number of hydrogen-bond acceptors (Lipinski definition) is 2. The molecule has 90 valence electrons. The molecule has 0 radical (unpaired) electrons. The molecular formula is C14H24N2. The highest BCUT2D eigenvalue weighted by molar-refractivity contribution is 5.25. The second-order valence-electron chi connectivity index (χ2n) is 4.15. The summed E-state index contributed by atoms with van der Waals surface area (Å²) in [6.07, 6.45) is 3.41. The number of fused-ring (bicyclic) bond motifs is 1. The zero-order chi connectivity index (χ0) is 12.0.